The molecular formula is C30H40N2O7Si. The van der Waals surface area contributed by atoms with Crippen LogP contribution in [0.1, 0.15) is 39.5 Å². The lowest BCUT2D eigenvalue weighted by molar-refractivity contribution is -0.111. The van der Waals surface area contributed by atoms with Crippen molar-refractivity contribution in [2.75, 3.05) is 20.3 Å². The molecule has 3 aromatic rings. The monoisotopic (exact) mass is 568 g/mol. The fraction of sp³-hybridized carbons (Fsp3) is 0.467. The fourth-order valence-corrected chi connectivity index (χ4v) is 10.1. The molecule has 2 unspecified atom stereocenters. The summed E-state index contributed by atoms with van der Waals surface area (Å²) in [5.74, 6) is 0. The molecule has 1 aliphatic heterocycles. The average Bonchev–Trinajstić information content (AvgIpc) is 3.21. The van der Waals surface area contributed by atoms with E-state index < -0.39 is 44.1 Å². The summed E-state index contributed by atoms with van der Waals surface area (Å²) in [6.45, 7) is 10.3. The number of aliphatic hydroxyl groups is 1. The van der Waals surface area contributed by atoms with Gasteiger partial charge in [-0.05, 0) is 29.3 Å². The molecule has 2 heterocycles. The molecule has 2 N–H and O–H groups in total. The Bertz CT molecular complexity index is 1330. The number of benzene rings is 2. The van der Waals surface area contributed by atoms with Gasteiger partial charge in [0, 0.05) is 18.9 Å². The van der Waals surface area contributed by atoms with Crippen molar-refractivity contribution in [3.8, 4) is 0 Å². The van der Waals surface area contributed by atoms with Crippen LogP contribution in [-0.4, -0.2) is 67.7 Å². The molecule has 0 spiro atoms. The minimum atomic E-state index is -2.91. The van der Waals surface area contributed by atoms with Crippen LogP contribution in [0.2, 0.25) is 5.04 Å². The van der Waals surface area contributed by atoms with Gasteiger partial charge in [-0.25, -0.2) is 4.79 Å². The van der Waals surface area contributed by atoms with Gasteiger partial charge in [0.2, 0.25) is 0 Å². The Kier molecular flexibility index (Phi) is 9.28. The SMILES string of the molecule is COC[C@H](C)OC1C(O)[C@@H](CO[Si](c2ccccc2)(c2ccccc2)C(C)(C)C)O[C@H]1n1cc(C)c(=O)[nH]c1=O. The molecule has 1 aliphatic rings. The number of rotatable bonds is 10. The Morgan fingerprint density at radius 3 is 2.15 bits per heavy atom. The van der Waals surface area contributed by atoms with Gasteiger partial charge in [0.1, 0.15) is 18.3 Å². The van der Waals surface area contributed by atoms with Crippen LogP contribution in [0.3, 0.4) is 0 Å². The molecule has 4 rings (SSSR count). The molecule has 0 bridgehead atoms. The Morgan fingerprint density at radius 2 is 1.62 bits per heavy atom. The molecular weight excluding hydrogens is 528 g/mol. The normalized spacial score (nSPS) is 22.4. The van der Waals surface area contributed by atoms with Gasteiger partial charge in [0.25, 0.3) is 13.9 Å². The van der Waals surface area contributed by atoms with E-state index in [0.717, 1.165) is 10.4 Å². The van der Waals surface area contributed by atoms with Crippen LogP contribution in [0.15, 0.2) is 76.4 Å². The first kappa shape index (κ1) is 30.1. The van der Waals surface area contributed by atoms with Crippen LogP contribution in [0.4, 0.5) is 0 Å². The van der Waals surface area contributed by atoms with E-state index in [-0.39, 0.29) is 17.7 Å². The smallest absolute Gasteiger partial charge is 0.330 e. The number of H-pyrrole nitrogens is 1. The molecule has 5 atom stereocenters. The molecule has 10 heteroatoms. The predicted molar refractivity (Wildman–Crippen MR) is 156 cm³/mol. The molecule has 1 aromatic heterocycles. The van der Waals surface area contributed by atoms with E-state index in [1.54, 1.807) is 14.0 Å². The Hall–Kier alpha value is -2.86. The number of nitrogens with zero attached hydrogens (tertiary/aromatic N) is 1. The summed E-state index contributed by atoms with van der Waals surface area (Å²) < 4.78 is 26.0. The van der Waals surface area contributed by atoms with Gasteiger partial charge in [0.05, 0.1) is 19.3 Å². The molecule has 1 fully saturated rings. The third-order valence-electron chi connectivity index (χ3n) is 7.40. The molecule has 0 aliphatic carbocycles. The second-order valence-corrected chi connectivity index (χ2v) is 15.7. The van der Waals surface area contributed by atoms with Crippen LogP contribution in [0.5, 0.6) is 0 Å². The van der Waals surface area contributed by atoms with E-state index in [4.69, 9.17) is 18.6 Å². The second-order valence-electron chi connectivity index (χ2n) is 11.4. The molecule has 0 saturated carbocycles. The Balaban J connectivity index is 1.72. The molecule has 0 radical (unpaired) electrons. The zero-order valence-electron chi connectivity index (χ0n) is 24.0. The van der Waals surface area contributed by atoms with Crippen LogP contribution in [-0.2, 0) is 18.6 Å². The summed E-state index contributed by atoms with van der Waals surface area (Å²) in [6.07, 6.45) is -2.74. The Morgan fingerprint density at radius 1 is 1.05 bits per heavy atom. The van der Waals surface area contributed by atoms with E-state index in [1.807, 2.05) is 43.3 Å². The zero-order valence-corrected chi connectivity index (χ0v) is 25.0. The van der Waals surface area contributed by atoms with E-state index in [0.29, 0.717) is 12.2 Å². The number of aryl methyl sites for hydroxylation is 1. The van der Waals surface area contributed by atoms with Gasteiger partial charge in [-0.3, -0.25) is 14.3 Å². The standard InChI is InChI=1S/C30H40N2O7Si/c1-20-17-32(29(35)31-27(20)34)28-26(38-21(2)18-36-6)25(33)24(39-28)19-37-40(30(3,4)5,22-13-9-7-10-14-22)23-15-11-8-12-16-23/h7-17,21,24-26,28,33H,18-19H2,1-6H3,(H,31,34,35)/t21-,24+,25?,26?,28+/m0/s1. The van der Waals surface area contributed by atoms with Crippen molar-refractivity contribution < 1.29 is 23.7 Å². The highest BCUT2D eigenvalue weighted by molar-refractivity contribution is 6.99. The van der Waals surface area contributed by atoms with Gasteiger partial charge < -0.3 is 23.7 Å². The van der Waals surface area contributed by atoms with Crippen LogP contribution >= 0.6 is 0 Å². The van der Waals surface area contributed by atoms with E-state index >= 15 is 0 Å². The first-order chi connectivity index (χ1) is 19.0. The maximum atomic E-state index is 12.8. The maximum Gasteiger partial charge on any atom is 0.330 e. The maximum absolute atomic E-state index is 12.8. The van der Waals surface area contributed by atoms with Crippen molar-refractivity contribution in [3.63, 3.8) is 0 Å². The van der Waals surface area contributed by atoms with Crippen molar-refractivity contribution in [1.82, 2.24) is 9.55 Å². The van der Waals surface area contributed by atoms with Crippen molar-refractivity contribution in [2.24, 2.45) is 0 Å². The molecule has 0 amide bonds. The summed E-state index contributed by atoms with van der Waals surface area (Å²) in [4.78, 5) is 27.2. The van der Waals surface area contributed by atoms with Crippen molar-refractivity contribution in [1.29, 1.82) is 0 Å². The Labute approximate surface area is 235 Å². The van der Waals surface area contributed by atoms with Crippen LogP contribution in [0, 0.1) is 6.92 Å². The summed E-state index contributed by atoms with van der Waals surface area (Å²) in [5, 5.41) is 13.4. The van der Waals surface area contributed by atoms with Crippen molar-refractivity contribution in [2.45, 2.75) is 70.3 Å². The highest BCUT2D eigenvalue weighted by Crippen LogP contribution is 2.38. The third kappa shape index (κ3) is 5.92. The number of ether oxygens (including phenoxy) is 3. The van der Waals surface area contributed by atoms with Crippen LogP contribution in [0.25, 0.3) is 0 Å². The zero-order chi connectivity index (χ0) is 29.1. The molecule has 40 heavy (non-hydrogen) atoms. The number of hydrogen-bond acceptors (Lipinski definition) is 7. The lowest BCUT2D eigenvalue weighted by Crippen LogP contribution is -2.67. The highest BCUT2D eigenvalue weighted by Gasteiger charge is 2.53. The molecule has 216 valence electrons. The summed E-state index contributed by atoms with van der Waals surface area (Å²) in [7, 11) is -1.34. The van der Waals surface area contributed by atoms with Gasteiger partial charge in [-0.15, -0.1) is 0 Å². The number of aromatic nitrogens is 2. The highest BCUT2D eigenvalue weighted by atomic mass is 28.4. The summed E-state index contributed by atoms with van der Waals surface area (Å²) in [6, 6.07) is 20.4. The quantitative estimate of drug-likeness (QED) is 0.360. The number of methoxy groups -OCH3 is 1. The summed E-state index contributed by atoms with van der Waals surface area (Å²) >= 11 is 0. The molecule has 2 aromatic carbocycles. The lowest BCUT2D eigenvalue weighted by atomic mass is 10.1. The largest absolute Gasteiger partial charge is 0.405 e. The third-order valence-corrected chi connectivity index (χ3v) is 12.4. The second kappa shape index (κ2) is 12.3. The van der Waals surface area contributed by atoms with Gasteiger partial charge in [-0.1, -0.05) is 81.4 Å². The topological polar surface area (TPSA) is 112 Å². The number of hydrogen-bond donors (Lipinski definition) is 2. The van der Waals surface area contributed by atoms with E-state index in [1.165, 1.54) is 10.8 Å². The van der Waals surface area contributed by atoms with Gasteiger partial charge in [-0.2, -0.15) is 0 Å². The first-order valence-electron chi connectivity index (χ1n) is 13.5. The number of aliphatic hydroxyl groups excluding tert-OH is 1. The van der Waals surface area contributed by atoms with E-state index in [2.05, 4.69) is 50.0 Å². The average molecular weight is 569 g/mol. The number of aromatic amines is 1. The van der Waals surface area contributed by atoms with Crippen molar-refractivity contribution >= 4 is 18.7 Å². The van der Waals surface area contributed by atoms with Gasteiger partial charge in [0.15, 0.2) is 6.23 Å². The minimum Gasteiger partial charge on any atom is -0.405 e. The van der Waals surface area contributed by atoms with Crippen LogP contribution < -0.4 is 21.6 Å². The summed E-state index contributed by atoms with van der Waals surface area (Å²) in [5.41, 5.74) is -0.778. The van der Waals surface area contributed by atoms with Gasteiger partial charge >= 0.3 is 5.69 Å². The fourth-order valence-electron chi connectivity index (χ4n) is 5.51. The molecule has 1 saturated heterocycles. The van der Waals surface area contributed by atoms with Crippen molar-refractivity contribution in [3.05, 3.63) is 93.3 Å². The predicted octanol–water partition coefficient (Wildman–Crippen LogP) is 2.10. The molecule has 9 nitrogen and oxygen atoms in total. The minimum absolute atomic E-state index is 0.0700. The number of nitrogens with one attached hydrogen (secondary N) is 1. The lowest BCUT2D eigenvalue weighted by Gasteiger charge is -2.43. The van der Waals surface area contributed by atoms with E-state index in [9.17, 15) is 14.7 Å². The first-order valence-corrected chi connectivity index (χ1v) is 15.5.